The van der Waals surface area contributed by atoms with Crippen LogP contribution in [-0.2, 0) is 10.2 Å². The Balaban J connectivity index is 2.69. The summed E-state index contributed by atoms with van der Waals surface area (Å²) in [7, 11) is 1.82. The number of rotatable bonds is 0. The van der Waals surface area contributed by atoms with E-state index in [0.29, 0.717) is 0 Å². The fourth-order valence-corrected chi connectivity index (χ4v) is 2.02. The lowest BCUT2D eigenvalue weighted by Crippen LogP contribution is -2.33. The zero-order valence-electron chi connectivity index (χ0n) is 8.79. The Bertz CT molecular complexity index is 407. The van der Waals surface area contributed by atoms with Gasteiger partial charge in [0.25, 0.3) is 0 Å². The first kappa shape index (κ1) is 9.25. The molecule has 1 radical (unpaired) electrons. The molecular weight excluding hydrogens is 174 g/mol. The monoisotopic (exact) mass is 188 g/mol. The number of carbonyl (C=O) groups excluding carboxylic acids is 1. The molecule has 0 atom stereocenters. The number of likely N-dealkylation sites (N-methyl/N-ethyl adjacent to an activating group) is 1. The highest BCUT2D eigenvalue weighted by Gasteiger charge is 2.41. The number of benzene rings is 1. The molecule has 1 aliphatic rings. The summed E-state index contributed by atoms with van der Waals surface area (Å²) in [6, 6.07) is 5.89. The third-order valence-electron chi connectivity index (χ3n) is 2.93. The SMILES string of the molecule is [CH2]c1ccc2c(c1)C(C)(C)C(=O)N2C. The summed E-state index contributed by atoms with van der Waals surface area (Å²) in [6.07, 6.45) is 0. The molecule has 1 amide bonds. The van der Waals surface area contributed by atoms with Crippen molar-refractivity contribution in [3.63, 3.8) is 0 Å². The first-order valence-corrected chi connectivity index (χ1v) is 4.69. The van der Waals surface area contributed by atoms with Crippen molar-refractivity contribution in [3.05, 3.63) is 36.2 Å². The summed E-state index contributed by atoms with van der Waals surface area (Å²) < 4.78 is 0. The number of fused-ring (bicyclic) bond motifs is 1. The number of carbonyl (C=O) groups is 1. The first-order valence-electron chi connectivity index (χ1n) is 4.69. The normalized spacial score (nSPS) is 18.6. The van der Waals surface area contributed by atoms with E-state index in [-0.39, 0.29) is 5.91 Å². The minimum atomic E-state index is -0.405. The number of hydrogen-bond donors (Lipinski definition) is 0. The molecule has 0 saturated heterocycles. The van der Waals surface area contributed by atoms with E-state index in [1.807, 2.05) is 39.1 Å². The quantitative estimate of drug-likeness (QED) is 0.610. The van der Waals surface area contributed by atoms with Crippen LogP contribution in [0.4, 0.5) is 5.69 Å². The average Bonchev–Trinajstić information content (AvgIpc) is 2.29. The Morgan fingerprint density at radius 3 is 2.64 bits per heavy atom. The van der Waals surface area contributed by atoms with Gasteiger partial charge in [-0.25, -0.2) is 0 Å². The average molecular weight is 188 g/mol. The summed E-state index contributed by atoms with van der Waals surface area (Å²) in [5.74, 6) is 0.151. The molecule has 0 unspecified atom stereocenters. The predicted octanol–water partition coefficient (Wildman–Crippen LogP) is 2.12. The zero-order valence-corrected chi connectivity index (χ0v) is 8.79. The number of amides is 1. The van der Waals surface area contributed by atoms with Gasteiger partial charge < -0.3 is 4.90 Å². The predicted molar refractivity (Wildman–Crippen MR) is 57.3 cm³/mol. The van der Waals surface area contributed by atoms with Crippen LogP contribution in [0.1, 0.15) is 25.0 Å². The number of hydrogen-bond acceptors (Lipinski definition) is 1. The molecule has 73 valence electrons. The molecule has 0 bridgehead atoms. The summed E-state index contributed by atoms with van der Waals surface area (Å²) in [6.45, 7) is 7.79. The van der Waals surface area contributed by atoms with Crippen molar-refractivity contribution in [1.29, 1.82) is 0 Å². The molecule has 0 saturated carbocycles. The molecular formula is C12H14NO. The van der Waals surface area contributed by atoms with Gasteiger partial charge in [-0.05, 0) is 38.0 Å². The fourth-order valence-electron chi connectivity index (χ4n) is 2.02. The van der Waals surface area contributed by atoms with Crippen LogP contribution in [0.3, 0.4) is 0 Å². The molecule has 0 aromatic heterocycles. The lowest BCUT2D eigenvalue weighted by Gasteiger charge is -2.16. The smallest absolute Gasteiger partial charge is 0.236 e. The van der Waals surface area contributed by atoms with Gasteiger partial charge in [-0.3, -0.25) is 4.79 Å². The van der Waals surface area contributed by atoms with Gasteiger partial charge in [0, 0.05) is 12.7 Å². The van der Waals surface area contributed by atoms with Crippen molar-refractivity contribution in [2.24, 2.45) is 0 Å². The molecule has 0 N–H and O–H groups in total. The highest BCUT2D eigenvalue weighted by atomic mass is 16.2. The first-order chi connectivity index (χ1) is 6.44. The molecule has 2 heteroatoms. The van der Waals surface area contributed by atoms with Gasteiger partial charge in [-0.1, -0.05) is 12.1 Å². The summed E-state index contributed by atoms with van der Waals surface area (Å²) in [5, 5.41) is 0. The van der Waals surface area contributed by atoms with Crippen LogP contribution in [0.25, 0.3) is 0 Å². The summed E-state index contributed by atoms with van der Waals surface area (Å²) >= 11 is 0. The van der Waals surface area contributed by atoms with Gasteiger partial charge in [0.1, 0.15) is 0 Å². The lowest BCUT2D eigenvalue weighted by molar-refractivity contribution is -0.121. The van der Waals surface area contributed by atoms with Crippen molar-refractivity contribution in [3.8, 4) is 0 Å². The molecule has 1 aromatic rings. The van der Waals surface area contributed by atoms with E-state index in [4.69, 9.17) is 0 Å². The van der Waals surface area contributed by atoms with Crippen LogP contribution < -0.4 is 4.90 Å². The minimum absolute atomic E-state index is 0.151. The standard InChI is InChI=1S/C12H14NO/c1-8-5-6-10-9(7-8)12(2,3)11(14)13(10)4/h5-7H,1H2,2-4H3. The largest absolute Gasteiger partial charge is 0.314 e. The highest BCUT2D eigenvalue weighted by molar-refractivity contribution is 6.07. The molecule has 1 aromatic carbocycles. The molecule has 2 nitrogen and oxygen atoms in total. The van der Waals surface area contributed by atoms with Gasteiger partial charge in [-0.2, -0.15) is 0 Å². The molecule has 2 rings (SSSR count). The van der Waals surface area contributed by atoms with Gasteiger partial charge in [-0.15, -0.1) is 0 Å². The minimum Gasteiger partial charge on any atom is -0.314 e. The fraction of sp³-hybridized carbons (Fsp3) is 0.333. The van der Waals surface area contributed by atoms with Crippen molar-refractivity contribution >= 4 is 11.6 Å². The zero-order chi connectivity index (χ0) is 10.5. The van der Waals surface area contributed by atoms with Crippen LogP contribution >= 0.6 is 0 Å². The molecule has 1 aliphatic heterocycles. The van der Waals surface area contributed by atoms with Gasteiger partial charge >= 0.3 is 0 Å². The van der Waals surface area contributed by atoms with Crippen molar-refractivity contribution in [2.75, 3.05) is 11.9 Å². The van der Waals surface area contributed by atoms with Gasteiger partial charge in [0.2, 0.25) is 5.91 Å². The third-order valence-corrected chi connectivity index (χ3v) is 2.93. The summed E-state index contributed by atoms with van der Waals surface area (Å²) in [5.41, 5.74) is 2.64. The maximum absolute atomic E-state index is 11.9. The second-order valence-electron chi connectivity index (χ2n) is 4.34. The third kappa shape index (κ3) is 0.999. The van der Waals surface area contributed by atoms with Crippen LogP contribution in [0.15, 0.2) is 18.2 Å². The second kappa shape index (κ2) is 2.59. The van der Waals surface area contributed by atoms with Crippen molar-refractivity contribution < 1.29 is 4.79 Å². The Morgan fingerprint density at radius 2 is 2.00 bits per heavy atom. The Labute approximate surface area is 84.5 Å². The van der Waals surface area contributed by atoms with E-state index >= 15 is 0 Å². The van der Waals surface area contributed by atoms with Crippen LogP contribution in [-0.4, -0.2) is 13.0 Å². The van der Waals surface area contributed by atoms with Gasteiger partial charge in [0.15, 0.2) is 0 Å². The topological polar surface area (TPSA) is 20.3 Å². The maximum Gasteiger partial charge on any atom is 0.236 e. The van der Waals surface area contributed by atoms with Crippen LogP contribution in [0.5, 0.6) is 0 Å². The van der Waals surface area contributed by atoms with E-state index in [1.54, 1.807) is 4.90 Å². The van der Waals surface area contributed by atoms with Crippen molar-refractivity contribution in [2.45, 2.75) is 19.3 Å². The molecule has 0 spiro atoms. The van der Waals surface area contributed by atoms with E-state index in [1.165, 1.54) is 0 Å². The van der Waals surface area contributed by atoms with E-state index in [0.717, 1.165) is 16.8 Å². The van der Waals surface area contributed by atoms with Crippen LogP contribution in [0, 0.1) is 6.92 Å². The highest BCUT2D eigenvalue weighted by Crippen LogP contribution is 2.40. The Hall–Kier alpha value is -1.31. The van der Waals surface area contributed by atoms with Gasteiger partial charge in [0.05, 0.1) is 5.41 Å². The number of nitrogens with zero attached hydrogens (tertiary/aromatic N) is 1. The molecule has 1 heterocycles. The van der Waals surface area contributed by atoms with E-state index < -0.39 is 5.41 Å². The Kier molecular flexibility index (Phi) is 1.71. The number of anilines is 1. The van der Waals surface area contributed by atoms with Crippen molar-refractivity contribution in [1.82, 2.24) is 0 Å². The second-order valence-corrected chi connectivity index (χ2v) is 4.34. The lowest BCUT2D eigenvalue weighted by atomic mass is 9.85. The Morgan fingerprint density at radius 1 is 1.36 bits per heavy atom. The van der Waals surface area contributed by atoms with E-state index in [9.17, 15) is 4.79 Å². The molecule has 14 heavy (non-hydrogen) atoms. The molecule has 0 aliphatic carbocycles. The van der Waals surface area contributed by atoms with E-state index in [2.05, 4.69) is 6.92 Å². The molecule has 0 fully saturated rings. The van der Waals surface area contributed by atoms with Crippen LogP contribution in [0.2, 0.25) is 0 Å². The maximum atomic E-state index is 11.9. The summed E-state index contributed by atoms with van der Waals surface area (Å²) in [4.78, 5) is 13.6.